The van der Waals surface area contributed by atoms with Crippen molar-refractivity contribution >= 4 is 11.8 Å². The fourth-order valence-electron chi connectivity index (χ4n) is 4.05. The molecule has 6 heteroatoms. The summed E-state index contributed by atoms with van der Waals surface area (Å²) >= 11 is 0. The molecule has 6 nitrogen and oxygen atoms in total. The van der Waals surface area contributed by atoms with E-state index in [1.807, 2.05) is 18.7 Å². The van der Waals surface area contributed by atoms with E-state index in [0.717, 1.165) is 38.0 Å². The Balaban J connectivity index is 1.62. The van der Waals surface area contributed by atoms with E-state index in [0.29, 0.717) is 24.7 Å². The molecule has 0 saturated carbocycles. The molecule has 0 spiro atoms. The molecule has 1 aromatic heterocycles. The summed E-state index contributed by atoms with van der Waals surface area (Å²) in [6, 6.07) is 1.99. The predicted octanol–water partition coefficient (Wildman–Crippen LogP) is 1.96. The summed E-state index contributed by atoms with van der Waals surface area (Å²) in [7, 11) is 0. The van der Waals surface area contributed by atoms with Gasteiger partial charge in [-0.3, -0.25) is 14.5 Å². The first kappa shape index (κ1) is 17.0. The van der Waals surface area contributed by atoms with Crippen LogP contribution in [0.4, 0.5) is 0 Å². The zero-order valence-corrected chi connectivity index (χ0v) is 14.5. The average Bonchev–Trinajstić information content (AvgIpc) is 3.23. The number of nitrogens with zero attached hydrogens (tertiary/aromatic N) is 2. The minimum atomic E-state index is -0.217. The van der Waals surface area contributed by atoms with Crippen LogP contribution in [0, 0.1) is 0 Å². The highest BCUT2D eigenvalue weighted by molar-refractivity contribution is 5.95. The van der Waals surface area contributed by atoms with Crippen molar-refractivity contribution in [1.29, 1.82) is 0 Å². The van der Waals surface area contributed by atoms with Gasteiger partial charge in [0.25, 0.3) is 5.91 Å². The Morgan fingerprint density at radius 1 is 1.21 bits per heavy atom. The van der Waals surface area contributed by atoms with Crippen molar-refractivity contribution in [2.45, 2.75) is 57.5 Å². The van der Waals surface area contributed by atoms with Crippen LogP contribution >= 0.6 is 0 Å². The molecular formula is C18H27N3O3. The number of carbonyl (C=O) groups excluding carboxylic acids is 2. The lowest BCUT2D eigenvalue weighted by Gasteiger charge is -2.38. The molecule has 2 aliphatic heterocycles. The summed E-state index contributed by atoms with van der Waals surface area (Å²) in [6.45, 7) is 6.42. The number of rotatable bonds is 4. The van der Waals surface area contributed by atoms with Gasteiger partial charge in [0.1, 0.15) is 5.76 Å². The van der Waals surface area contributed by atoms with Gasteiger partial charge in [0.15, 0.2) is 0 Å². The Morgan fingerprint density at radius 2 is 1.92 bits per heavy atom. The quantitative estimate of drug-likeness (QED) is 0.913. The Bertz CT molecular complexity index is 602. The van der Waals surface area contributed by atoms with Gasteiger partial charge in [0, 0.05) is 25.0 Å². The Labute approximate surface area is 143 Å². The van der Waals surface area contributed by atoms with Gasteiger partial charge in [0.2, 0.25) is 5.91 Å². The largest absolute Gasteiger partial charge is 0.468 e. The zero-order chi connectivity index (χ0) is 17.3. The van der Waals surface area contributed by atoms with E-state index in [1.54, 1.807) is 12.3 Å². The molecule has 3 rings (SSSR count). The first-order valence-electron chi connectivity index (χ1n) is 8.90. The van der Waals surface area contributed by atoms with Crippen LogP contribution in [0.15, 0.2) is 16.7 Å². The molecule has 2 fully saturated rings. The van der Waals surface area contributed by atoms with Gasteiger partial charge < -0.3 is 15.1 Å². The van der Waals surface area contributed by atoms with Gasteiger partial charge >= 0.3 is 0 Å². The topological polar surface area (TPSA) is 79.8 Å². The second kappa shape index (κ2) is 6.97. The molecule has 1 atom stereocenters. The van der Waals surface area contributed by atoms with Gasteiger partial charge in [-0.05, 0) is 38.3 Å². The van der Waals surface area contributed by atoms with Crippen LogP contribution in [0.25, 0.3) is 0 Å². The number of carbonyl (C=O) groups is 2. The number of piperidine rings is 1. The van der Waals surface area contributed by atoms with Crippen LogP contribution in [0.1, 0.15) is 61.6 Å². The Morgan fingerprint density at radius 3 is 2.54 bits per heavy atom. The lowest BCUT2D eigenvalue weighted by Crippen LogP contribution is -2.51. The number of amides is 2. The number of likely N-dealkylation sites (tertiary alicyclic amines) is 2. The summed E-state index contributed by atoms with van der Waals surface area (Å²) in [5.41, 5.74) is 6.20. The minimum Gasteiger partial charge on any atom is -0.468 e. The molecule has 132 valence electrons. The van der Waals surface area contributed by atoms with Crippen LogP contribution in [0.5, 0.6) is 0 Å². The van der Waals surface area contributed by atoms with E-state index >= 15 is 0 Å². The van der Waals surface area contributed by atoms with Crippen molar-refractivity contribution in [1.82, 2.24) is 9.80 Å². The Kier molecular flexibility index (Phi) is 4.94. The smallest absolute Gasteiger partial charge is 0.257 e. The summed E-state index contributed by atoms with van der Waals surface area (Å²) in [4.78, 5) is 28.5. The Hall–Kier alpha value is -1.82. The van der Waals surface area contributed by atoms with Gasteiger partial charge in [-0.15, -0.1) is 0 Å². The number of primary amides is 1. The number of furan rings is 1. The highest BCUT2D eigenvalue weighted by Crippen LogP contribution is 2.28. The number of hydrogen-bond acceptors (Lipinski definition) is 4. The van der Waals surface area contributed by atoms with E-state index in [1.165, 1.54) is 0 Å². The van der Waals surface area contributed by atoms with Crippen molar-refractivity contribution in [3.05, 3.63) is 23.7 Å². The molecule has 0 aromatic carbocycles. The first-order valence-corrected chi connectivity index (χ1v) is 8.90. The van der Waals surface area contributed by atoms with Crippen LogP contribution in [0.2, 0.25) is 0 Å². The molecular weight excluding hydrogens is 306 g/mol. The molecule has 24 heavy (non-hydrogen) atoms. The number of hydrogen-bond donors (Lipinski definition) is 1. The maximum atomic E-state index is 12.8. The van der Waals surface area contributed by atoms with Crippen LogP contribution in [-0.2, 0) is 4.79 Å². The van der Waals surface area contributed by atoms with Crippen LogP contribution in [0.3, 0.4) is 0 Å². The lowest BCUT2D eigenvalue weighted by molar-refractivity contribution is -0.123. The third-order valence-electron chi connectivity index (χ3n) is 5.29. The normalized spacial score (nSPS) is 23.1. The summed E-state index contributed by atoms with van der Waals surface area (Å²) in [5.74, 6) is 0.789. The van der Waals surface area contributed by atoms with Gasteiger partial charge in [-0.25, -0.2) is 0 Å². The summed E-state index contributed by atoms with van der Waals surface area (Å²) in [5, 5.41) is 0. The van der Waals surface area contributed by atoms with Crippen molar-refractivity contribution < 1.29 is 14.0 Å². The van der Waals surface area contributed by atoms with Crippen LogP contribution < -0.4 is 5.73 Å². The third kappa shape index (κ3) is 3.20. The number of nitrogens with two attached hydrogens (primary N) is 1. The lowest BCUT2D eigenvalue weighted by atomic mass is 10.00. The van der Waals surface area contributed by atoms with E-state index in [-0.39, 0.29) is 23.8 Å². The van der Waals surface area contributed by atoms with Crippen molar-refractivity contribution in [2.24, 2.45) is 5.73 Å². The zero-order valence-electron chi connectivity index (χ0n) is 14.5. The minimum absolute atomic E-state index is 0.0544. The van der Waals surface area contributed by atoms with Crippen LogP contribution in [-0.4, -0.2) is 53.3 Å². The predicted molar refractivity (Wildman–Crippen MR) is 90.6 cm³/mol. The van der Waals surface area contributed by atoms with E-state index < -0.39 is 0 Å². The molecule has 2 amide bonds. The van der Waals surface area contributed by atoms with Crippen molar-refractivity contribution in [2.75, 3.05) is 19.6 Å². The fraction of sp³-hybridized carbons (Fsp3) is 0.667. The van der Waals surface area contributed by atoms with Crippen molar-refractivity contribution in [3.8, 4) is 0 Å². The van der Waals surface area contributed by atoms with E-state index in [9.17, 15) is 9.59 Å². The molecule has 0 bridgehead atoms. The molecule has 3 heterocycles. The molecule has 1 unspecified atom stereocenters. The maximum Gasteiger partial charge on any atom is 0.257 e. The van der Waals surface area contributed by atoms with E-state index in [2.05, 4.69) is 4.90 Å². The second-order valence-corrected chi connectivity index (χ2v) is 7.17. The van der Waals surface area contributed by atoms with Gasteiger partial charge in [-0.1, -0.05) is 13.8 Å². The fourth-order valence-corrected chi connectivity index (χ4v) is 4.05. The molecule has 1 aromatic rings. The SMILES string of the molecule is CC(C)c1occc1C(=O)N1CCC(N2CCCC2C(N)=O)CC1. The van der Waals surface area contributed by atoms with Gasteiger partial charge in [-0.2, -0.15) is 0 Å². The molecule has 2 aliphatic rings. The summed E-state index contributed by atoms with van der Waals surface area (Å²) < 4.78 is 5.47. The van der Waals surface area contributed by atoms with Crippen molar-refractivity contribution in [3.63, 3.8) is 0 Å². The van der Waals surface area contributed by atoms with Gasteiger partial charge in [0.05, 0.1) is 17.9 Å². The highest BCUT2D eigenvalue weighted by Gasteiger charge is 2.36. The molecule has 0 aliphatic carbocycles. The standard InChI is InChI=1S/C18H27N3O3/c1-12(2)16-14(7-11-24-16)18(23)20-9-5-13(6-10-20)21-8-3-4-15(21)17(19)22/h7,11-13,15H,3-6,8-10H2,1-2H3,(H2,19,22). The third-order valence-corrected chi connectivity index (χ3v) is 5.29. The maximum absolute atomic E-state index is 12.8. The first-order chi connectivity index (χ1) is 11.5. The highest BCUT2D eigenvalue weighted by atomic mass is 16.3. The summed E-state index contributed by atoms with van der Waals surface area (Å²) in [6.07, 6.45) is 5.27. The second-order valence-electron chi connectivity index (χ2n) is 7.17. The molecule has 0 radical (unpaired) electrons. The molecule has 2 N–H and O–H groups in total. The van der Waals surface area contributed by atoms with E-state index in [4.69, 9.17) is 10.2 Å². The average molecular weight is 333 g/mol. The molecule has 2 saturated heterocycles. The monoisotopic (exact) mass is 333 g/mol.